The van der Waals surface area contributed by atoms with Crippen molar-refractivity contribution in [3.8, 4) is 0 Å². The van der Waals surface area contributed by atoms with E-state index in [1.54, 1.807) is 10.9 Å². The topological polar surface area (TPSA) is 97.9 Å². The van der Waals surface area contributed by atoms with Crippen LogP contribution in [0.4, 0.5) is 0 Å². The van der Waals surface area contributed by atoms with E-state index in [0.29, 0.717) is 19.0 Å². The number of aromatic nitrogens is 4. The Bertz CT molecular complexity index is 614. The van der Waals surface area contributed by atoms with Gasteiger partial charge in [0.25, 0.3) is 11.7 Å². The van der Waals surface area contributed by atoms with E-state index in [1.807, 2.05) is 13.1 Å². The lowest BCUT2D eigenvalue weighted by Gasteiger charge is -2.03. The van der Waals surface area contributed by atoms with Crippen molar-refractivity contribution in [2.45, 2.75) is 32.4 Å². The molecule has 1 saturated heterocycles. The van der Waals surface area contributed by atoms with Crippen molar-refractivity contribution in [1.82, 2.24) is 30.6 Å². The average Bonchev–Trinajstić information content (AvgIpc) is 3.19. The van der Waals surface area contributed by atoms with Gasteiger partial charge in [-0.25, -0.2) is 0 Å². The van der Waals surface area contributed by atoms with Gasteiger partial charge in [0.2, 0.25) is 5.89 Å². The molecule has 0 spiro atoms. The fraction of sp³-hybridized carbons (Fsp3) is 0.538. The van der Waals surface area contributed by atoms with E-state index in [9.17, 15) is 4.79 Å². The van der Waals surface area contributed by atoms with Crippen molar-refractivity contribution in [3.05, 3.63) is 29.7 Å². The number of nitrogens with one attached hydrogen (secondary N) is 2. The molecule has 1 aliphatic rings. The molecular formula is C13H18N6O2. The Kier molecular flexibility index (Phi) is 3.96. The molecule has 1 atom stereocenters. The van der Waals surface area contributed by atoms with Gasteiger partial charge < -0.3 is 15.2 Å². The normalized spacial score (nSPS) is 18.0. The van der Waals surface area contributed by atoms with Gasteiger partial charge in [0.1, 0.15) is 0 Å². The first-order chi connectivity index (χ1) is 10.2. The maximum Gasteiger partial charge on any atom is 0.292 e. The molecule has 112 valence electrons. The predicted octanol–water partition coefficient (Wildman–Crippen LogP) is 0.429. The molecule has 1 unspecified atom stereocenters. The molecule has 3 heterocycles. The van der Waals surface area contributed by atoms with Crippen molar-refractivity contribution in [1.29, 1.82) is 0 Å². The molecule has 3 rings (SSSR count). The van der Waals surface area contributed by atoms with E-state index in [1.165, 1.54) is 0 Å². The summed E-state index contributed by atoms with van der Waals surface area (Å²) in [4.78, 5) is 16.1. The van der Waals surface area contributed by atoms with Gasteiger partial charge in [-0.05, 0) is 31.9 Å². The molecule has 2 N–H and O–H groups in total. The zero-order valence-corrected chi connectivity index (χ0v) is 11.9. The summed E-state index contributed by atoms with van der Waals surface area (Å²) in [5, 5.41) is 13.9. The molecule has 2 aromatic heterocycles. The molecule has 1 fully saturated rings. The standard InChI is InChI=1S/C13H18N6O2/c1-9-7-16-19(8-9)6-5-15-12(20)11-17-13(21-18-11)10-3-2-4-14-10/h7-8,10,14H,2-6H2,1H3,(H,15,20). The summed E-state index contributed by atoms with van der Waals surface area (Å²) in [5.41, 5.74) is 1.09. The van der Waals surface area contributed by atoms with Crippen LogP contribution in [0.5, 0.6) is 0 Å². The Morgan fingerprint density at radius 3 is 3.24 bits per heavy atom. The number of nitrogens with zero attached hydrogens (tertiary/aromatic N) is 4. The SMILES string of the molecule is Cc1cnn(CCNC(=O)c2noc(C3CCCN3)n2)c1. The van der Waals surface area contributed by atoms with Crippen LogP contribution < -0.4 is 10.6 Å². The third-order valence-electron chi connectivity index (χ3n) is 3.39. The van der Waals surface area contributed by atoms with E-state index in [-0.39, 0.29) is 17.8 Å². The number of hydrogen-bond donors (Lipinski definition) is 2. The van der Waals surface area contributed by atoms with E-state index < -0.39 is 0 Å². The van der Waals surface area contributed by atoms with Crippen molar-refractivity contribution in [2.75, 3.05) is 13.1 Å². The number of aryl methyl sites for hydroxylation is 1. The van der Waals surface area contributed by atoms with Gasteiger partial charge in [-0.3, -0.25) is 9.48 Å². The van der Waals surface area contributed by atoms with Crippen molar-refractivity contribution in [3.63, 3.8) is 0 Å². The lowest BCUT2D eigenvalue weighted by molar-refractivity contribution is 0.0938. The quantitative estimate of drug-likeness (QED) is 0.828. The fourth-order valence-corrected chi connectivity index (χ4v) is 2.32. The molecule has 8 heteroatoms. The van der Waals surface area contributed by atoms with Crippen LogP contribution in [0, 0.1) is 6.92 Å². The highest BCUT2D eigenvalue weighted by atomic mass is 16.5. The largest absolute Gasteiger partial charge is 0.347 e. The maximum atomic E-state index is 11.9. The molecule has 0 aromatic carbocycles. The summed E-state index contributed by atoms with van der Waals surface area (Å²) in [5.74, 6) is 0.238. The molecule has 2 aromatic rings. The minimum atomic E-state index is -0.327. The van der Waals surface area contributed by atoms with Gasteiger partial charge in [-0.1, -0.05) is 5.16 Å². The van der Waals surface area contributed by atoms with Gasteiger partial charge in [0.05, 0.1) is 18.8 Å². The number of amides is 1. The highest BCUT2D eigenvalue weighted by molar-refractivity contribution is 5.90. The Balaban J connectivity index is 1.50. The Labute approximate surface area is 121 Å². The van der Waals surface area contributed by atoms with E-state index in [2.05, 4.69) is 25.9 Å². The predicted molar refractivity (Wildman–Crippen MR) is 73.6 cm³/mol. The van der Waals surface area contributed by atoms with Crippen LogP contribution in [0.2, 0.25) is 0 Å². The second-order valence-corrected chi connectivity index (χ2v) is 5.14. The summed E-state index contributed by atoms with van der Waals surface area (Å²) in [6.45, 7) is 3.98. The molecule has 1 amide bonds. The van der Waals surface area contributed by atoms with Crippen molar-refractivity contribution in [2.24, 2.45) is 0 Å². The highest BCUT2D eigenvalue weighted by Gasteiger charge is 2.24. The van der Waals surface area contributed by atoms with Gasteiger partial charge in [0.15, 0.2) is 0 Å². The lowest BCUT2D eigenvalue weighted by Crippen LogP contribution is -2.28. The molecule has 1 aliphatic heterocycles. The smallest absolute Gasteiger partial charge is 0.292 e. The van der Waals surface area contributed by atoms with Gasteiger partial charge in [-0.15, -0.1) is 0 Å². The zero-order valence-electron chi connectivity index (χ0n) is 11.9. The summed E-state index contributed by atoms with van der Waals surface area (Å²) < 4.78 is 6.91. The molecule has 21 heavy (non-hydrogen) atoms. The Morgan fingerprint density at radius 1 is 1.62 bits per heavy atom. The first-order valence-electron chi connectivity index (χ1n) is 7.06. The van der Waals surface area contributed by atoms with Crippen LogP contribution in [0.3, 0.4) is 0 Å². The monoisotopic (exact) mass is 290 g/mol. The Hall–Kier alpha value is -2.22. The maximum absolute atomic E-state index is 11.9. The van der Waals surface area contributed by atoms with Crippen LogP contribution >= 0.6 is 0 Å². The summed E-state index contributed by atoms with van der Waals surface area (Å²) in [6.07, 6.45) is 5.74. The number of carbonyl (C=O) groups excluding carboxylic acids is 1. The summed E-state index contributed by atoms with van der Waals surface area (Å²) >= 11 is 0. The number of hydrogen-bond acceptors (Lipinski definition) is 6. The molecule has 0 aliphatic carbocycles. The summed E-state index contributed by atoms with van der Waals surface area (Å²) in [6, 6.07) is 0.0751. The van der Waals surface area contributed by atoms with Crippen LogP contribution in [0.1, 0.15) is 41.0 Å². The fourth-order valence-electron chi connectivity index (χ4n) is 2.32. The van der Waals surface area contributed by atoms with E-state index in [4.69, 9.17) is 4.52 Å². The first-order valence-corrected chi connectivity index (χ1v) is 7.06. The Morgan fingerprint density at radius 2 is 2.52 bits per heavy atom. The molecule has 0 radical (unpaired) electrons. The van der Waals surface area contributed by atoms with E-state index >= 15 is 0 Å². The number of carbonyl (C=O) groups is 1. The average molecular weight is 290 g/mol. The minimum Gasteiger partial charge on any atom is -0.347 e. The molecular weight excluding hydrogens is 272 g/mol. The highest BCUT2D eigenvalue weighted by Crippen LogP contribution is 2.20. The zero-order chi connectivity index (χ0) is 14.7. The molecule has 8 nitrogen and oxygen atoms in total. The first kappa shape index (κ1) is 13.7. The van der Waals surface area contributed by atoms with E-state index in [0.717, 1.165) is 24.9 Å². The minimum absolute atomic E-state index is 0.0751. The van der Waals surface area contributed by atoms with Crippen LogP contribution in [-0.2, 0) is 6.54 Å². The van der Waals surface area contributed by atoms with Crippen LogP contribution in [-0.4, -0.2) is 38.9 Å². The van der Waals surface area contributed by atoms with Gasteiger partial charge >= 0.3 is 0 Å². The molecule has 0 saturated carbocycles. The van der Waals surface area contributed by atoms with Crippen molar-refractivity contribution >= 4 is 5.91 Å². The van der Waals surface area contributed by atoms with Gasteiger partial charge in [-0.2, -0.15) is 10.1 Å². The second-order valence-electron chi connectivity index (χ2n) is 5.14. The van der Waals surface area contributed by atoms with Gasteiger partial charge in [0, 0.05) is 12.7 Å². The number of rotatable bonds is 5. The third kappa shape index (κ3) is 3.27. The lowest BCUT2D eigenvalue weighted by atomic mass is 10.2. The van der Waals surface area contributed by atoms with Crippen LogP contribution in [0.25, 0.3) is 0 Å². The molecule has 0 bridgehead atoms. The third-order valence-corrected chi connectivity index (χ3v) is 3.39. The van der Waals surface area contributed by atoms with Crippen LogP contribution in [0.15, 0.2) is 16.9 Å². The van der Waals surface area contributed by atoms with Crippen molar-refractivity contribution < 1.29 is 9.32 Å². The second kappa shape index (κ2) is 6.04. The summed E-state index contributed by atoms with van der Waals surface area (Å²) in [7, 11) is 0.